The molecule has 0 aromatic rings. The lowest BCUT2D eigenvalue weighted by Gasteiger charge is -2.18. The summed E-state index contributed by atoms with van der Waals surface area (Å²) in [5.74, 6) is -0.834. The van der Waals surface area contributed by atoms with Crippen LogP contribution in [0.2, 0.25) is 0 Å². The third kappa shape index (κ3) is 70.8. The largest absolute Gasteiger partial charge is 0.462 e. The van der Waals surface area contributed by atoms with Gasteiger partial charge in [-0.25, -0.2) is 0 Å². The standard InChI is InChI=1S/C77H148O6/c1-4-7-10-13-16-19-22-25-28-31-33-35-37-38-39-40-41-43-44-46-49-52-55-58-61-64-67-70-76(79)82-73-74(72-81-75(78)69-66-63-60-57-54-51-48-30-27-24-21-18-15-12-9-6-3)83-77(80)71-68-65-62-59-56-53-50-47-45-42-36-34-32-29-26-23-20-17-14-11-8-5-2/h30,48,74H,4-29,31-47,49-73H2,1-3H3/b48-30-. The minimum Gasteiger partial charge on any atom is -0.462 e. The van der Waals surface area contributed by atoms with Gasteiger partial charge in [-0.15, -0.1) is 0 Å². The molecule has 0 aliphatic carbocycles. The molecule has 0 spiro atoms. The van der Waals surface area contributed by atoms with Gasteiger partial charge in [-0.1, -0.05) is 392 Å². The molecule has 83 heavy (non-hydrogen) atoms. The van der Waals surface area contributed by atoms with Crippen molar-refractivity contribution in [3.63, 3.8) is 0 Å². The summed E-state index contributed by atoms with van der Waals surface area (Å²) in [7, 11) is 0. The van der Waals surface area contributed by atoms with Gasteiger partial charge in [0.1, 0.15) is 13.2 Å². The second kappa shape index (κ2) is 72.6. The fraction of sp³-hybridized carbons (Fsp3) is 0.935. The topological polar surface area (TPSA) is 78.9 Å². The second-order valence-corrected chi connectivity index (χ2v) is 26.3. The number of carbonyl (C=O) groups is 3. The van der Waals surface area contributed by atoms with Crippen LogP contribution in [-0.2, 0) is 28.6 Å². The summed E-state index contributed by atoms with van der Waals surface area (Å²) < 4.78 is 17.0. The molecule has 1 unspecified atom stereocenters. The third-order valence-corrected chi connectivity index (χ3v) is 17.8. The van der Waals surface area contributed by atoms with Gasteiger partial charge in [-0.2, -0.15) is 0 Å². The average Bonchev–Trinajstić information content (AvgIpc) is 3.50. The fourth-order valence-corrected chi connectivity index (χ4v) is 12.0. The number of hydrogen-bond donors (Lipinski definition) is 0. The van der Waals surface area contributed by atoms with Crippen molar-refractivity contribution in [3.8, 4) is 0 Å². The van der Waals surface area contributed by atoms with Gasteiger partial charge in [0.05, 0.1) is 0 Å². The monoisotopic (exact) mass is 1170 g/mol. The molecule has 0 bridgehead atoms. The first-order chi connectivity index (χ1) is 41.0. The Bertz CT molecular complexity index is 1300. The molecule has 0 aromatic heterocycles. The Morgan fingerprint density at radius 1 is 0.229 bits per heavy atom. The molecule has 0 aliphatic heterocycles. The highest BCUT2D eigenvalue weighted by Crippen LogP contribution is 2.20. The number of allylic oxidation sites excluding steroid dienone is 2. The molecular formula is C77H148O6. The van der Waals surface area contributed by atoms with Gasteiger partial charge in [0.2, 0.25) is 0 Å². The number of esters is 3. The van der Waals surface area contributed by atoms with E-state index in [1.165, 1.54) is 340 Å². The van der Waals surface area contributed by atoms with E-state index in [0.717, 1.165) is 64.2 Å². The van der Waals surface area contributed by atoms with E-state index >= 15 is 0 Å². The molecule has 0 heterocycles. The Balaban J connectivity index is 4.22. The number of unbranched alkanes of at least 4 members (excludes halogenated alkanes) is 59. The van der Waals surface area contributed by atoms with Crippen LogP contribution in [0, 0.1) is 0 Å². The highest BCUT2D eigenvalue weighted by atomic mass is 16.6. The Morgan fingerprint density at radius 3 is 0.602 bits per heavy atom. The average molecular weight is 1170 g/mol. The minimum atomic E-state index is -0.771. The first-order valence-corrected chi connectivity index (χ1v) is 38.2. The van der Waals surface area contributed by atoms with Gasteiger partial charge < -0.3 is 14.2 Å². The van der Waals surface area contributed by atoms with E-state index in [-0.39, 0.29) is 31.1 Å². The zero-order valence-corrected chi connectivity index (χ0v) is 56.8. The van der Waals surface area contributed by atoms with Crippen molar-refractivity contribution in [2.24, 2.45) is 0 Å². The zero-order valence-electron chi connectivity index (χ0n) is 56.8. The van der Waals surface area contributed by atoms with E-state index in [4.69, 9.17) is 14.2 Å². The molecule has 0 saturated carbocycles. The van der Waals surface area contributed by atoms with Crippen LogP contribution in [0.5, 0.6) is 0 Å². The Hall–Kier alpha value is -1.85. The summed E-state index contributed by atoms with van der Waals surface area (Å²) in [6.07, 6.45) is 88.3. The highest BCUT2D eigenvalue weighted by Gasteiger charge is 2.20. The van der Waals surface area contributed by atoms with Crippen LogP contribution in [0.3, 0.4) is 0 Å². The molecule has 0 amide bonds. The van der Waals surface area contributed by atoms with Gasteiger partial charge in [0.25, 0.3) is 0 Å². The lowest BCUT2D eigenvalue weighted by Crippen LogP contribution is -2.30. The van der Waals surface area contributed by atoms with Crippen LogP contribution in [0.25, 0.3) is 0 Å². The third-order valence-electron chi connectivity index (χ3n) is 17.8. The van der Waals surface area contributed by atoms with Crippen molar-refractivity contribution in [3.05, 3.63) is 12.2 Å². The summed E-state index contributed by atoms with van der Waals surface area (Å²) in [6, 6.07) is 0. The number of hydrogen-bond acceptors (Lipinski definition) is 6. The number of ether oxygens (including phenoxy) is 3. The SMILES string of the molecule is CCCCCCCCC/C=C\CCCCCCCC(=O)OCC(COC(=O)CCCCCCCCCCCCCCCCCCCCCCCCCCCCC)OC(=O)CCCCCCCCCCCCCCCCCCCCCCCC. The normalized spacial score (nSPS) is 12.0. The summed E-state index contributed by atoms with van der Waals surface area (Å²) in [5.41, 5.74) is 0. The van der Waals surface area contributed by atoms with Crippen LogP contribution in [0.15, 0.2) is 12.2 Å². The molecule has 0 radical (unpaired) electrons. The Kier molecular flexibility index (Phi) is 71.0. The Morgan fingerprint density at radius 2 is 0.398 bits per heavy atom. The molecule has 6 nitrogen and oxygen atoms in total. The first-order valence-electron chi connectivity index (χ1n) is 38.2. The predicted octanol–water partition coefficient (Wildman–Crippen LogP) is 26.3. The maximum absolute atomic E-state index is 13.0. The maximum atomic E-state index is 13.0. The fourth-order valence-electron chi connectivity index (χ4n) is 12.0. The summed E-state index contributed by atoms with van der Waals surface area (Å²) >= 11 is 0. The van der Waals surface area contributed by atoms with Crippen molar-refractivity contribution in [1.82, 2.24) is 0 Å². The molecular weight excluding hydrogens is 1020 g/mol. The summed E-state index contributed by atoms with van der Waals surface area (Å²) in [6.45, 7) is 6.74. The first kappa shape index (κ1) is 81.2. The van der Waals surface area contributed by atoms with Crippen molar-refractivity contribution in [2.75, 3.05) is 13.2 Å². The van der Waals surface area contributed by atoms with Crippen molar-refractivity contribution in [1.29, 1.82) is 0 Å². The van der Waals surface area contributed by atoms with Gasteiger partial charge in [-0.05, 0) is 44.9 Å². The van der Waals surface area contributed by atoms with E-state index in [1.54, 1.807) is 0 Å². The van der Waals surface area contributed by atoms with Gasteiger partial charge in [-0.3, -0.25) is 14.4 Å². The van der Waals surface area contributed by atoms with Crippen LogP contribution in [0.1, 0.15) is 445 Å². The zero-order chi connectivity index (χ0) is 59.9. The van der Waals surface area contributed by atoms with E-state index in [0.29, 0.717) is 19.3 Å². The molecule has 0 saturated heterocycles. The van der Waals surface area contributed by atoms with Crippen molar-refractivity contribution < 1.29 is 28.6 Å². The molecule has 1 atom stereocenters. The van der Waals surface area contributed by atoms with Crippen LogP contribution < -0.4 is 0 Å². The smallest absolute Gasteiger partial charge is 0.306 e. The van der Waals surface area contributed by atoms with Gasteiger partial charge in [0.15, 0.2) is 6.10 Å². The maximum Gasteiger partial charge on any atom is 0.306 e. The molecule has 0 fully saturated rings. The quantitative estimate of drug-likeness (QED) is 0.0261. The van der Waals surface area contributed by atoms with Gasteiger partial charge >= 0.3 is 17.9 Å². The minimum absolute atomic E-state index is 0.0653. The van der Waals surface area contributed by atoms with Crippen LogP contribution in [0.4, 0.5) is 0 Å². The van der Waals surface area contributed by atoms with Gasteiger partial charge in [0, 0.05) is 19.3 Å². The molecule has 492 valence electrons. The second-order valence-electron chi connectivity index (χ2n) is 26.3. The van der Waals surface area contributed by atoms with Crippen LogP contribution in [-0.4, -0.2) is 37.2 Å². The highest BCUT2D eigenvalue weighted by molar-refractivity contribution is 5.71. The number of carbonyl (C=O) groups excluding carboxylic acids is 3. The van der Waals surface area contributed by atoms with E-state index in [1.807, 2.05) is 0 Å². The van der Waals surface area contributed by atoms with Crippen molar-refractivity contribution >= 4 is 17.9 Å². The van der Waals surface area contributed by atoms with E-state index in [9.17, 15) is 14.4 Å². The Labute approximate surface area is 520 Å². The van der Waals surface area contributed by atoms with E-state index < -0.39 is 6.10 Å². The summed E-state index contributed by atoms with van der Waals surface area (Å²) in [5, 5.41) is 0. The lowest BCUT2D eigenvalue weighted by molar-refractivity contribution is -0.167. The van der Waals surface area contributed by atoms with E-state index in [2.05, 4.69) is 32.9 Å². The van der Waals surface area contributed by atoms with Crippen LogP contribution >= 0.6 is 0 Å². The number of rotatable bonds is 72. The molecule has 0 rings (SSSR count). The summed E-state index contributed by atoms with van der Waals surface area (Å²) in [4.78, 5) is 38.5. The predicted molar refractivity (Wildman–Crippen MR) is 363 cm³/mol. The molecule has 6 heteroatoms. The molecule has 0 aliphatic rings. The lowest BCUT2D eigenvalue weighted by atomic mass is 10.0. The molecule has 0 aromatic carbocycles. The molecule has 0 N–H and O–H groups in total. The van der Waals surface area contributed by atoms with Crippen molar-refractivity contribution in [2.45, 2.75) is 451 Å².